The third-order valence-electron chi connectivity index (χ3n) is 3.08. The highest BCUT2D eigenvalue weighted by molar-refractivity contribution is 7.80. The van der Waals surface area contributed by atoms with E-state index in [-0.39, 0.29) is 33.7 Å². The Morgan fingerprint density at radius 3 is 2.41 bits per heavy atom. The summed E-state index contributed by atoms with van der Waals surface area (Å²) in [6.07, 6.45) is 0. The lowest BCUT2D eigenvalue weighted by atomic mass is 10.2. The summed E-state index contributed by atoms with van der Waals surface area (Å²) in [5.74, 6) is -0.831. The Balaban J connectivity index is 1.74. The van der Waals surface area contributed by atoms with E-state index in [9.17, 15) is 19.7 Å². The maximum atomic E-state index is 12.0. The summed E-state index contributed by atoms with van der Waals surface area (Å²) >= 11 is 10.8. The molecule has 0 aromatic heterocycles. The number of non-ortho nitro benzene ring substituents is 1. The average molecular weight is 409 g/mol. The van der Waals surface area contributed by atoms with Crippen LogP contribution in [0.15, 0.2) is 48.5 Å². The molecule has 0 spiro atoms. The molecule has 140 valence electrons. The van der Waals surface area contributed by atoms with Crippen LogP contribution in [0, 0.1) is 10.1 Å². The van der Waals surface area contributed by atoms with E-state index in [2.05, 4.69) is 16.2 Å². The summed E-state index contributed by atoms with van der Waals surface area (Å²) in [6, 6.07) is 11.7. The molecule has 0 aliphatic carbocycles. The molecule has 0 atom stereocenters. The molecule has 27 heavy (non-hydrogen) atoms. The van der Waals surface area contributed by atoms with Crippen molar-refractivity contribution in [3.05, 3.63) is 69.2 Å². The van der Waals surface area contributed by atoms with E-state index < -0.39 is 16.7 Å². The highest BCUT2D eigenvalue weighted by Crippen LogP contribution is 2.17. The number of carbonyl (C=O) groups excluding carboxylic acids is 2. The van der Waals surface area contributed by atoms with Crippen LogP contribution < -0.4 is 20.9 Å². The van der Waals surface area contributed by atoms with Gasteiger partial charge in [-0.1, -0.05) is 23.7 Å². The van der Waals surface area contributed by atoms with Gasteiger partial charge in [0, 0.05) is 12.1 Å². The van der Waals surface area contributed by atoms with Gasteiger partial charge < -0.3 is 4.74 Å². The topological polar surface area (TPSA) is 123 Å². The lowest BCUT2D eigenvalue weighted by Crippen LogP contribution is -2.49. The molecule has 11 heteroatoms. The fourth-order valence-corrected chi connectivity index (χ4v) is 2.19. The van der Waals surface area contributed by atoms with E-state index in [1.807, 2.05) is 0 Å². The van der Waals surface area contributed by atoms with Crippen LogP contribution >= 0.6 is 23.8 Å². The van der Waals surface area contributed by atoms with Crippen molar-refractivity contribution in [3.8, 4) is 5.75 Å². The number of rotatable bonds is 5. The Hall–Kier alpha value is -3.24. The van der Waals surface area contributed by atoms with Gasteiger partial charge in [-0.15, -0.1) is 0 Å². The zero-order valence-corrected chi connectivity index (χ0v) is 15.2. The van der Waals surface area contributed by atoms with Gasteiger partial charge in [0.05, 0.1) is 15.5 Å². The molecule has 3 N–H and O–H groups in total. The molecule has 0 radical (unpaired) electrons. The number of carbonyl (C=O) groups is 2. The van der Waals surface area contributed by atoms with Gasteiger partial charge in [0.2, 0.25) is 0 Å². The van der Waals surface area contributed by atoms with Crippen molar-refractivity contribution in [2.24, 2.45) is 0 Å². The van der Waals surface area contributed by atoms with Crippen molar-refractivity contribution in [1.82, 2.24) is 16.2 Å². The van der Waals surface area contributed by atoms with Crippen LogP contribution in [0.3, 0.4) is 0 Å². The van der Waals surface area contributed by atoms with Gasteiger partial charge in [0.15, 0.2) is 11.7 Å². The summed E-state index contributed by atoms with van der Waals surface area (Å²) in [7, 11) is 0. The van der Waals surface area contributed by atoms with Crippen molar-refractivity contribution in [3.63, 3.8) is 0 Å². The Labute approximate surface area is 163 Å². The first-order chi connectivity index (χ1) is 12.9. The summed E-state index contributed by atoms with van der Waals surface area (Å²) in [4.78, 5) is 33.7. The lowest BCUT2D eigenvalue weighted by molar-refractivity contribution is -0.384. The third kappa shape index (κ3) is 6.20. The molecule has 2 aromatic rings. The Morgan fingerprint density at radius 2 is 1.78 bits per heavy atom. The van der Waals surface area contributed by atoms with Gasteiger partial charge in [0.25, 0.3) is 17.5 Å². The van der Waals surface area contributed by atoms with Gasteiger partial charge in [0.1, 0.15) is 5.75 Å². The number of benzene rings is 2. The average Bonchev–Trinajstić information content (AvgIpc) is 2.65. The van der Waals surface area contributed by atoms with Crippen molar-refractivity contribution in [2.75, 3.05) is 6.61 Å². The molecule has 2 amide bonds. The maximum absolute atomic E-state index is 12.0. The molecule has 0 fully saturated rings. The zero-order valence-electron chi connectivity index (χ0n) is 13.6. The van der Waals surface area contributed by atoms with Gasteiger partial charge in [-0.05, 0) is 36.5 Å². The van der Waals surface area contributed by atoms with Crippen molar-refractivity contribution in [1.29, 1.82) is 0 Å². The molecule has 0 bridgehead atoms. The summed E-state index contributed by atoms with van der Waals surface area (Å²) in [5.41, 5.74) is 4.74. The molecule has 0 saturated heterocycles. The lowest BCUT2D eigenvalue weighted by Gasteiger charge is -2.11. The maximum Gasteiger partial charge on any atom is 0.276 e. The van der Waals surface area contributed by atoms with E-state index in [0.29, 0.717) is 0 Å². The molecule has 0 saturated carbocycles. The SMILES string of the molecule is O=C(COc1ccc([N+](=O)[O-])cc1)NNC(=S)NC(=O)c1ccccc1Cl. The highest BCUT2D eigenvalue weighted by atomic mass is 35.5. The van der Waals surface area contributed by atoms with Crippen LogP contribution in [0.5, 0.6) is 5.75 Å². The van der Waals surface area contributed by atoms with Crippen LogP contribution in [0.4, 0.5) is 5.69 Å². The first-order valence-electron chi connectivity index (χ1n) is 7.39. The van der Waals surface area contributed by atoms with Gasteiger partial charge in [-0.25, -0.2) is 0 Å². The molecule has 0 aliphatic rings. The number of amides is 2. The summed E-state index contributed by atoms with van der Waals surface area (Å²) < 4.78 is 5.18. The second-order valence-corrected chi connectivity index (χ2v) is 5.79. The highest BCUT2D eigenvalue weighted by Gasteiger charge is 2.12. The van der Waals surface area contributed by atoms with E-state index in [4.69, 9.17) is 28.6 Å². The fraction of sp³-hybridized carbons (Fsp3) is 0.0625. The first kappa shape index (κ1) is 20.1. The number of ether oxygens (including phenoxy) is 1. The van der Waals surface area contributed by atoms with Crippen LogP contribution in [0.1, 0.15) is 10.4 Å². The Morgan fingerprint density at radius 1 is 1.11 bits per heavy atom. The number of halogens is 1. The number of nitrogens with one attached hydrogen (secondary N) is 3. The standard InChI is InChI=1S/C16H13ClN4O5S/c17-13-4-2-1-3-12(13)15(23)18-16(27)20-19-14(22)9-26-11-7-5-10(6-8-11)21(24)25/h1-8H,9H2,(H,19,22)(H2,18,20,23,27). The van der Waals surface area contributed by atoms with E-state index in [0.717, 1.165) is 0 Å². The molecule has 9 nitrogen and oxygen atoms in total. The van der Waals surface area contributed by atoms with Crippen molar-refractivity contribution >= 4 is 46.4 Å². The second kappa shape index (κ2) is 9.46. The van der Waals surface area contributed by atoms with Crippen LogP contribution in [-0.4, -0.2) is 28.5 Å². The number of hydrazine groups is 1. The van der Waals surface area contributed by atoms with Crippen LogP contribution in [0.2, 0.25) is 5.02 Å². The number of nitro groups is 1. The van der Waals surface area contributed by atoms with Crippen molar-refractivity contribution < 1.29 is 19.2 Å². The Bertz CT molecular complexity index is 875. The molecule has 2 aromatic carbocycles. The first-order valence-corrected chi connectivity index (χ1v) is 8.17. The molecular weight excluding hydrogens is 396 g/mol. The van der Waals surface area contributed by atoms with E-state index >= 15 is 0 Å². The quantitative estimate of drug-likeness (QED) is 0.392. The number of nitro benzene ring substituents is 1. The molecular formula is C16H13ClN4O5S. The normalized spacial score (nSPS) is 9.81. The number of hydrogen-bond acceptors (Lipinski definition) is 6. The van der Waals surface area contributed by atoms with Gasteiger partial charge in [-0.2, -0.15) is 0 Å². The summed E-state index contributed by atoms with van der Waals surface area (Å²) in [6.45, 7) is -0.369. The minimum atomic E-state index is -0.581. The monoisotopic (exact) mass is 408 g/mol. The zero-order chi connectivity index (χ0) is 19.8. The van der Waals surface area contributed by atoms with Gasteiger partial charge >= 0.3 is 0 Å². The van der Waals surface area contributed by atoms with Gasteiger partial charge in [-0.3, -0.25) is 35.9 Å². The third-order valence-corrected chi connectivity index (χ3v) is 3.61. The van der Waals surface area contributed by atoms with Crippen molar-refractivity contribution in [2.45, 2.75) is 0 Å². The molecule has 0 heterocycles. The van der Waals surface area contributed by atoms with E-state index in [1.165, 1.54) is 30.3 Å². The molecule has 2 rings (SSSR count). The number of thiocarbonyl (C=S) groups is 1. The Kier molecular flexibility index (Phi) is 7.03. The number of hydrogen-bond donors (Lipinski definition) is 3. The summed E-state index contributed by atoms with van der Waals surface area (Å²) in [5, 5.41) is 13.0. The predicted molar refractivity (Wildman–Crippen MR) is 101 cm³/mol. The minimum Gasteiger partial charge on any atom is -0.484 e. The predicted octanol–water partition coefficient (Wildman–Crippen LogP) is 1.96. The second-order valence-electron chi connectivity index (χ2n) is 4.98. The smallest absolute Gasteiger partial charge is 0.276 e. The number of nitrogens with zero attached hydrogens (tertiary/aromatic N) is 1. The molecule has 0 aliphatic heterocycles. The minimum absolute atomic E-state index is 0.0897. The molecule has 0 unspecified atom stereocenters. The van der Waals surface area contributed by atoms with Crippen LogP contribution in [-0.2, 0) is 4.79 Å². The largest absolute Gasteiger partial charge is 0.484 e. The van der Waals surface area contributed by atoms with E-state index in [1.54, 1.807) is 18.2 Å². The van der Waals surface area contributed by atoms with Crippen LogP contribution in [0.25, 0.3) is 0 Å². The fourth-order valence-electron chi connectivity index (χ4n) is 1.82.